The van der Waals surface area contributed by atoms with E-state index in [0.29, 0.717) is 13.0 Å². The Morgan fingerprint density at radius 2 is 2.17 bits per heavy atom. The van der Waals surface area contributed by atoms with Crippen molar-refractivity contribution in [3.8, 4) is 0 Å². The highest BCUT2D eigenvalue weighted by Crippen LogP contribution is 2.14. The van der Waals surface area contributed by atoms with Crippen LogP contribution in [0.5, 0.6) is 0 Å². The first-order valence-electron chi connectivity index (χ1n) is 5.66. The predicted molar refractivity (Wildman–Crippen MR) is 66.0 cm³/mol. The number of nitrogens with zero attached hydrogens (tertiary/aromatic N) is 2. The first-order chi connectivity index (χ1) is 8.58. The SMILES string of the molecule is CC(=O)C(=O)N(C)CCc1ccc2ncoc2c1. The largest absolute Gasteiger partial charge is 0.443 e. The molecule has 0 aliphatic carbocycles. The van der Waals surface area contributed by atoms with E-state index in [4.69, 9.17) is 4.42 Å². The Kier molecular flexibility index (Phi) is 3.41. The van der Waals surface area contributed by atoms with E-state index >= 15 is 0 Å². The molecule has 94 valence electrons. The second-order valence-corrected chi connectivity index (χ2v) is 4.19. The summed E-state index contributed by atoms with van der Waals surface area (Å²) in [6, 6.07) is 5.71. The van der Waals surface area contributed by atoms with Gasteiger partial charge in [0, 0.05) is 20.5 Å². The Balaban J connectivity index is 2.01. The second kappa shape index (κ2) is 5.00. The quantitative estimate of drug-likeness (QED) is 0.765. The van der Waals surface area contributed by atoms with Crippen molar-refractivity contribution in [1.82, 2.24) is 9.88 Å². The van der Waals surface area contributed by atoms with Crippen molar-refractivity contribution in [2.24, 2.45) is 0 Å². The standard InChI is InChI=1S/C13H14N2O3/c1-9(16)13(17)15(2)6-5-10-3-4-11-12(7-10)18-8-14-11/h3-4,7-8H,5-6H2,1-2H3. The van der Waals surface area contributed by atoms with E-state index < -0.39 is 11.7 Å². The number of fused-ring (bicyclic) bond motifs is 1. The van der Waals surface area contributed by atoms with Gasteiger partial charge in [-0.25, -0.2) is 4.98 Å². The maximum absolute atomic E-state index is 11.4. The van der Waals surface area contributed by atoms with Gasteiger partial charge < -0.3 is 9.32 Å². The predicted octanol–water partition coefficient (Wildman–Crippen LogP) is 1.42. The molecule has 0 spiro atoms. The molecule has 0 aliphatic heterocycles. The third-order valence-electron chi connectivity index (χ3n) is 2.78. The molecule has 0 unspecified atom stereocenters. The Labute approximate surface area is 104 Å². The number of oxazole rings is 1. The minimum Gasteiger partial charge on any atom is -0.443 e. The summed E-state index contributed by atoms with van der Waals surface area (Å²) >= 11 is 0. The number of ketones is 1. The van der Waals surface area contributed by atoms with Crippen LogP contribution in [0.15, 0.2) is 29.0 Å². The highest BCUT2D eigenvalue weighted by Gasteiger charge is 2.13. The number of amides is 1. The number of aromatic nitrogens is 1. The Morgan fingerprint density at radius 3 is 2.89 bits per heavy atom. The number of rotatable bonds is 4. The van der Waals surface area contributed by atoms with Crippen LogP contribution in [0.4, 0.5) is 0 Å². The summed E-state index contributed by atoms with van der Waals surface area (Å²) in [4.78, 5) is 27.8. The summed E-state index contributed by atoms with van der Waals surface area (Å²) in [7, 11) is 1.62. The van der Waals surface area contributed by atoms with Crippen LogP contribution in [0.25, 0.3) is 11.1 Å². The van der Waals surface area contributed by atoms with Crippen molar-refractivity contribution >= 4 is 22.8 Å². The number of carbonyl (C=O) groups is 2. The highest BCUT2D eigenvalue weighted by atomic mass is 16.3. The molecule has 18 heavy (non-hydrogen) atoms. The third kappa shape index (κ3) is 2.56. The molecule has 0 atom stereocenters. The Hall–Kier alpha value is -2.17. The molecule has 1 aromatic carbocycles. The van der Waals surface area contributed by atoms with Gasteiger partial charge in [-0.05, 0) is 24.1 Å². The minimum absolute atomic E-state index is 0.441. The number of likely N-dealkylation sites (N-methyl/N-ethyl adjacent to an activating group) is 1. The topological polar surface area (TPSA) is 63.4 Å². The number of hydrogen-bond acceptors (Lipinski definition) is 4. The summed E-state index contributed by atoms with van der Waals surface area (Å²) in [5, 5.41) is 0. The molecule has 5 nitrogen and oxygen atoms in total. The lowest BCUT2D eigenvalue weighted by molar-refractivity contribution is -0.142. The summed E-state index contributed by atoms with van der Waals surface area (Å²) in [5.74, 6) is -0.904. The molecule has 0 radical (unpaired) electrons. The number of carbonyl (C=O) groups excluding carboxylic acids is 2. The molecular formula is C13H14N2O3. The van der Waals surface area contributed by atoms with E-state index in [2.05, 4.69) is 4.98 Å². The number of hydrogen-bond donors (Lipinski definition) is 0. The fourth-order valence-electron chi connectivity index (χ4n) is 1.72. The van der Waals surface area contributed by atoms with Gasteiger partial charge in [0.25, 0.3) is 5.91 Å². The van der Waals surface area contributed by atoms with E-state index in [9.17, 15) is 9.59 Å². The van der Waals surface area contributed by atoms with Crippen molar-refractivity contribution in [1.29, 1.82) is 0 Å². The van der Waals surface area contributed by atoms with E-state index in [0.717, 1.165) is 16.7 Å². The van der Waals surface area contributed by atoms with E-state index in [-0.39, 0.29) is 0 Å². The Morgan fingerprint density at radius 1 is 1.39 bits per heavy atom. The van der Waals surface area contributed by atoms with Gasteiger partial charge in [0.1, 0.15) is 5.52 Å². The zero-order valence-electron chi connectivity index (χ0n) is 10.3. The third-order valence-corrected chi connectivity index (χ3v) is 2.78. The summed E-state index contributed by atoms with van der Waals surface area (Å²) in [6.07, 6.45) is 2.08. The van der Waals surface area contributed by atoms with Gasteiger partial charge >= 0.3 is 0 Å². The molecular weight excluding hydrogens is 232 g/mol. The lowest BCUT2D eigenvalue weighted by atomic mass is 10.1. The van der Waals surface area contributed by atoms with E-state index in [1.807, 2.05) is 18.2 Å². The summed E-state index contributed by atoms with van der Waals surface area (Å²) in [5.41, 5.74) is 2.59. The molecule has 1 heterocycles. The molecule has 0 N–H and O–H groups in total. The molecule has 2 rings (SSSR count). The van der Waals surface area contributed by atoms with Crippen LogP contribution in [-0.2, 0) is 16.0 Å². The maximum Gasteiger partial charge on any atom is 0.289 e. The van der Waals surface area contributed by atoms with Crippen LogP contribution in [0.1, 0.15) is 12.5 Å². The number of Topliss-reactive ketones (excluding diaryl/α,β-unsaturated/α-hetero) is 1. The van der Waals surface area contributed by atoms with E-state index in [1.54, 1.807) is 7.05 Å². The average Bonchev–Trinajstić information content (AvgIpc) is 2.82. The van der Waals surface area contributed by atoms with Crippen LogP contribution in [0.2, 0.25) is 0 Å². The van der Waals surface area contributed by atoms with Crippen molar-refractivity contribution in [2.45, 2.75) is 13.3 Å². The van der Waals surface area contributed by atoms with E-state index in [1.165, 1.54) is 18.2 Å². The van der Waals surface area contributed by atoms with Gasteiger partial charge in [0.15, 0.2) is 12.0 Å². The molecule has 1 aromatic heterocycles. The monoisotopic (exact) mass is 246 g/mol. The van der Waals surface area contributed by atoms with Gasteiger partial charge in [-0.2, -0.15) is 0 Å². The summed E-state index contributed by atoms with van der Waals surface area (Å²) in [6.45, 7) is 1.78. The molecule has 0 saturated heterocycles. The first kappa shape index (κ1) is 12.3. The van der Waals surface area contributed by atoms with Gasteiger partial charge in [-0.15, -0.1) is 0 Å². The van der Waals surface area contributed by atoms with Gasteiger partial charge in [0.2, 0.25) is 5.78 Å². The van der Waals surface area contributed by atoms with Crippen molar-refractivity contribution in [2.75, 3.05) is 13.6 Å². The van der Waals surface area contributed by atoms with Crippen LogP contribution >= 0.6 is 0 Å². The molecule has 0 fully saturated rings. The van der Waals surface area contributed by atoms with Crippen LogP contribution in [0, 0.1) is 0 Å². The summed E-state index contributed by atoms with van der Waals surface area (Å²) < 4.78 is 5.21. The van der Waals surface area contributed by atoms with Gasteiger partial charge in [-0.3, -0.25) is 9.59 Å². The second-order valence-electron chi connectivity index (χ2n) is 4.19. The molecule has 5 heteroatoms. The fraction of sp³-hybridized carbons (Fsp3) is 0.308. The average molecular weight is 246 g/mol. The van der Waals surface area contributed by atoms with Crippen molar-refractivity contribution in [3.05, 3.63) is 30.2 Å². The smallest absolute Gasteiger partial charge is 0.289 e. The molecule has 0 saturated carbocycles. The minimum atomic E-state index is -0.462. The van der Waals surface area contributed by atoms with Crippen LogP contribution < -0.4 is 0 Å². The number of benzene rings is 1. The lowest BCUT2D eigenvalue weighted by Crippen LogP contribution is -2.33. The lowest BCUT2D eigenvalue weighted by Gasteiger charge is -2.14. The van der Waals surface area contributed by atoms with Crippen LogP contribution in [-0.4, -0.2) is 35.2 Å². The van der Waals surface area contributed by atoms with Crippen molar-refractivity contribution < 1.29 is 14.0 Å². The first-order valence-corrected chi connectivity index (χ1v) is 5.66. The highest BCUT2D eigenvalue weighted by molar-refractivity contribution is 6.34. The molecule has 2 aromatic rings. The fourth-order valence-corrected chi connectivity index (χ4v) is 1.72. The zero-order chi connectivity index (χ0) is 13.1. The van der Waals surface area contributed by atoms with Crippen LogP contribution in [0.3, 0.4) is 0 Å². The Bertz CT molecular complexity index is 589. The van der Waals surface area contributed by atoms with Gasteiger partial charge in [-0.1, -0.05) is 6.07 Å². The maximum atomic E-state index is 11.4. The van der Waals surface area contributed by atoms with Gasteiger partial charge in [0.05, 0.1) is 0 Å². The molecule has 0 bridgehead atoms. The molecule has 0 aliphatic rings. The normalized spacial score (nSPS) is 10.6. The zero-order valence-corrected chi connectivity index (χ0v) is 10.3. The van der Waals surface area contributed by atoms with Crippen molar-refractivity contribution in [3.63, 3.8) is 0 Å². The molecule has 1 amide bonds.